The van der Waals surface area contributed by atoms with Gasteiger partial charge in [0.1, 0.15) is 6.10 Å². The lowest BCUT2D eigenvalue weighted by molar-refractivity contribution is -0.159. The molecule has 0 spiro atoms. The van der Waals surface area contributed by atoms with Crippen LogP contribution in [0, 0.1) is 29.1 Å². The summed E-state index contributed by atoms with van der Waals surface area (Å²) >= 11 is 0. The molecular weight excluding hydrogens is 224 g/mol. The van der Waals surface area contributed by atoms with Crippen LogP contribution >= 0.6 is 0 Å². The van der Waals surface area contributed by atoms with Crippen LogP contribution in [0.2, 0.25) is 0 Å². The summed E-state index contributed by atoms with van der Waals surface area (Å²) in [4.78, 5) is 12.5. The number of fused-ring (bicyclic) bond motifs is 2. The maximum atomic E-state index is 12.5. The van der Waals surface area contributed by atoms with E-state index in [2.05, 4.69) is 20.8 Å². The summed E-state index contributed by atoms with van der Waals surface area (Å²) < 4.78 is 5.90. The Kier molecular flexibility index (Phi) is 2.95. The Balaban J connectivity index is 1.61. The number of hydrogen-bond acceptors (Lipinski definition) is 2. The quantitative estimate of drug-likeness (QED) is 0.710. The minimum absolute atomic E-state index is 0.115. The van der Waals surface area contributed by atoms with Crippen molar-refractivity contribution in [3.8, 4) is 0 Å². The van der Waals surface area contributed by atoms with E-state index in [9.17, 15) is 4.79 Å². The Morgan fingerprint density at radius 1 is 1.33 bits per heavy atom. The summed E-state index contributed by atoms with van der Waals surface area (Å²) in [5.74, 6) is 2.78. The van der Waals surface area contributed by atoms with E-state index in [0.29, 0.717) is 17.8 Å². The van der Waals surface area contributed by atoms with Gasteiger partial charge in [-0.1, -0.05) is 20.8 Å². The number of rotatable bonds is 4. The van der Waals surface area contributed by atoms with Crippen LogP contribution in [0.5, 0.6) is 0 Å². The lowest BCUT2D eigenvalue weighted by atomic mass is 9.91. The van der Waals surface area contributed by atoms with E-state index in [1.165, 1.54) is 19.3 Å². The third-order valence-corrected chi connectivity index (χ3v) is 5.56. The average Bonchev–Trinajstić information content (AvgIpc) is 2.67. The molecule has 0 radical (unpaired) electrons. The first-order chi connectivity index (χ1) is 8.51. The van der Waals surface area contributed by atoms with Gasteiger partial charge >= 0.3 is 5.97 Å². The molecule has 0 aromatic rings. The van der Waals surface area contributed by atoms with Crippen molar-refractivity contribution in [2.24, 2.45) is 29.1 Å². The van der Waals surface area contributed by atoms with Gasteiger partial charge in [0, 0.05) is 0 Å². The topological polar surface area (TPSA) is 26.3 Å². The first-order valence-corrected chi connectivity index (χ1v) is 7.72. The molecule has 0 aliphatic heterocycles. The fourth-order valence-electron chi connectivity index (χ4n) is 4.45. The molecule has 3 rings (SSSR count). The number of carbonyl (C=O) groups excluding carboxylic acids is 1. The van der Waals surface area contributed by atoms with Gasteiger partial charge in [0.2, 0.25) is 0 Å². The molecule has 2 bridgehead atoms. The van der Waals surface area contributed by atoms with Crippen molar-refractivity contribution >= 4 is 5.97 Å². The molecule has 0 amide bonds. The second-order valence-corrected chi connectivity index (χ2v) is 7.48. The molecule has 0 saturated heterocycles. The zero-order valence-electron chi connectivity index (χ0n) is 11.9. The van der Waals surface area contributed by atoms with E-state index in [4.69, 9.17) is 4.74 Å². The van der Waals surface area contributed by atoms with Crippen LogP contribution in [0.25, 0.3) is 0 Å². The third kappa shape index (κ3) is 1.98. The van der Waals surface area contributed by atoms with E-state index in [1.807, 2.05) is 0 Å². The Morgan fingerprint density at radius 3 is 2.50 bits per heavy atom. The van der Waals surface area contributed by atoms with Gasteiger partial charge in [-0.3, -0.25) is 4.79 Å². The average molecular weight is 250 g/mol. The number of esters is 1. The Morgan fingerprint density at radius 2 is 2.06 bits per heavy atom. The number of carbonyl (C=O) groups is 1. The number of hydrogen-bond donors (Lipinski definition) is 0. The summed E-state index contributed by atoms with van der Waals surface area (Å²) in [5.41, 5.74) is -0.115. The lowest BCUT2D eigenvalue weighted by Crippen LogP contribution is -2.30. The van der Waals surface area contributed by atoms with Crippen molar-refractivity contribution in [2.45, 2.75) is 65.4 Å². The standard InChI is InChI=1S/C16H26O2/c1-10(2)8-16(9-11(16)3)15(17)18-14-7-12-4-5-13(14)6-12/h10-14H,4-9H2,1-3H3. The Labute approximate surface area is 110 Å². The zero-order valence-corrected chi connectivity index (χ0v) is 11.9. The van der Waals surface area contributed by atoms with E-state index in [1.54, 1.807) is 0 Å². The lowest BCUT2D eigenvalue weighted by Gasteiger charge is -2.26. The van der Waals surface area contributed by atoms with Gasteiger partial charge in [-0.05, 0) is 62.2 Å². The van der Waals surface area contributed by atoms with Crippen molar-refractivity contribution in [1.29, 1.82) is 0 Å². The molecule has 102 valence electrons. The Hall–Kier alpha value is -0.530. The second kappa shape index (κ2) is 4.25. The monoisotopic (exact) mass is 250 g/mol. The molecule has 18 heavy (non-hydrogen) atoms. The van der Waals surface area contributed by atoms with Crippen LogP contribution in [0.15, 0.2) is 0 Å². The molecule has 5 atom stereocenters. The van der Waals surface area contributed by atoms with Gasteiger partial charge in [0.15, 0.2) is 0 Å². The van der Waals surface area contributed by atoms with E-state index < -0.39 is 0 Å². The molecule has 0 aromatic carbocycles. The maximum Gasteiger partial charge on any atom is 0.312 e. The van der Waals surface area contributed by atoms with Crippen molar-refractivity contribution in [3.05, 3.63) is 0 Å². The van der Waals surface area contributed by atoms with Crippen LogP contribution in [0.4, 0.5) is 0 Å². The molecular formula is C16H26O2. The predicted molar refractivity (Wildman–Crippen MR) is 71.0 cm³/mol. The van der Waals surface area contributed by atoms with E-state index in [-0.39, 0.29) is 17.5 Å². The highest BCUT2D eigenvalue weighted by Gasteiger charge is 2.59. The van der Waals surface area contributed by atoms with Crippen LogP contribution in [-0.2, 0) is 9.53 Å². The van der Waals surface area contributed by atoms with Gasteiger partial charge in [-0.2, -0.15) is 0 Å². The predicted octanol–water partition coefficient (Wildman–Crippen LogP) is 3.79. The van der Waals surface area contributed by atoms with Crippen LogP contribution in [0.3, 0.4) is 0 Å². The molecule has 2 nitrogen and oxygen atoms in total. The molecule has 3 aliphatic carbocycles. The summed E-state index contributed by atoms with van der Waals surface area (Å²) in [6, 6.07) is 0. The highest BCUT2D eigenvalue weighted by atomic mass is 16.5. The van der Waals surface area contributed by atoms with Gasteiger partial charge < -0.3 is 4.74 Å². The van der Waals surface area contributed by atoms with Crippen molar-refractivity contribution in [2.75, 3.05) is 0 Å². The fraction of sp³-hybridized carbons (Fsp3) is 0.938. The van der Waals surface area contributed by atoms with E-state index in [0.717, 1.165) is 25.2 Å². The maximum absolute atomic E-state index is 12.5. The summed E-state index contributed by atoms with van der Waals surface area (Å²) in [6.07, 6.45) is 7.42. The highest BCUT2D eigenvalue weighted by molar-refractivity contribution is 5.80. The van der Waals surface area contributed by atoms with Crippen LogP contribution in [0.1, 0.15) is 59.3 Å². The Bertz CT molecular complexity index is 349. The van der Waals surface area contributed by atoms with Gasteiger partial charge in [0.05, 0.1) is 5.41 Å². The van der Waals surface area contributed by atoms with Gasteiger partial charge in [0.25, 0.3) is 0 Å². The minimum Gasteiger partial charge on any atom is -0.462 e. The smallest absolute Gasteiger partial charge is 0.312 e. The summed E-state index contributed by atoms with van der Waals surface area (Å²) in [7, 11) is 0. The molecule has 0 heterocycles. The minimum atomic E-state index is -0.115. The van der Waals surface area contributed by atoms with E-state index >= 15 is 0 Å². The molecule has 3 aliphatic rings. The summed E-state index contributed by atoms with van der Waals surface area (Å²) in [5, 5.41) is 0. The van der Waals surface area contributed by atoms with Gasteiger partial charge in [-0.25, -0.2) is 0 Å². The van der Waals surface area contributed by atoms with Gasteiger partial charge in [-0.15, -0.1) is 0 Å². The second-order valence-electron chi connectivity index (χ2n) is 7.48. The van der Waals surface area contributed by atoms with Crippen molar-refractivity contribution in [3.63, 3.8) is 0 Å². The number of ether oxygens (including phenoxy) is 1. The first kappa shape index (κ1) is 12.5. The SMILES string of the molecule is CC(C)CC1(C(=O)OC2CC3CCC2C3)CC1C. The summed E-state index contributed by atoms with van der Waals surface area (Å²) in [6.45, 7) is 6.61. The largest absolute Gasteiger partial charge is 0.462 e. The molecule has 2 heteroatoms. The molecule has 3 fully saturated rings. The van der Waals surface area contributed by atoms with Crippen molar-refractivity contribution in [1.82, 2.24) is 0 Å². The normalized spacial score (nSPS) is 45.6. The van der Waals surface area contributed by atoms with Crippen molar-refractivity contribution < 1.29 is 9.53 Å². The van der Waals surface area contributed by atoms with Crippen LogP contribution < -0.4 is 0 Å². The first-order valence-electron chi connectivity index (χ1n) is 7.72. The molecule has 5 unspecified atom stereocenters. The van der Waals surface area contributed by atoms with Crippen LogP contribution in [-0.4, -0.2) is 12.1 Å². The fourth-order valence-corrected chi connectivity index (χ4v) is 4.45. The third-order valence-electron chi connectivity index (χ3n) is 5.56. The molecule has 0 aromatic heterocycles. The molecule has 0 N–H and O–H groups in total. The highest BCUT2D eigenvalue weighted by Crippen LogP contribution is 2.58. The molecule has 3 saturated carbocycles. The zero-order chi connectivity index (χ0) is 12.9.